The average molecular weight is 473 g/mol. The first kappa shape index (κ1) is 20.5. The number of anilines is 1. The number of nitrogens with zero attached hydrogens (tertiary/aromatic N) is 3. The van der Waals surface area contributed by atoms with E-state index >= 15 is 0 Å². The van der Waals surface area contributed by atoms with Crippen LogP contribution in [-0.4, -0.2) is 75.0 Å². The van der Waals surface area contributed by atoms with Gasteiger partial charge in [0.15, 0.2) is 11.8 Å². The first-order chi connectivity index (χ1) is 16.1. The fraction of sp³-hybridized carbons (Fsp3) is 0.381. The van der Waals surface area contributed by atoms with E-state index in [1.807, 2.05) is 18.2 Å². The number of aromatic nitrogens is 5. The van der Waals surface area contributed by atoms with Gasteiger partial charge in [-0.25, -0.2) is 4.98 Å². The third kappa shape index (κ3) is 3.62. The smallest absolute Gasteiger partial charge is 0.296 e. The van der Waals surface area contributed by atoms with Crippen molar-refractivity contribution in [1.29, 1.82) is 0 Å². The van der Waals surface area contributed by atoms with Crippen LogP contribution in [-0.2, 0) is 16.0 Å². The van der Waals surface area contributed by atoms with Crippen LogP contribution in [0.1, 0.15) is 5.69 Å². The number of aromatic amines is 2. The van der Waals surface area contributed by atoms with E-state index in [0.717, 1.165) is 22.3 Å². The Morgan fingerprint density at radius 1 is 1.18 bits per heavy atom. The molecular formula is C21H21ClN6O5. The molecule has 0 aliphatic carbocycles. The molecule has 0 bridgehead atoms. The van der Waals surface area contributed by atoms with E-state index in [9.17, 15) is 5.11 Å². The lowest BCUT2D eigenvalue weighted by Gasteiger charge is -2.15. The molecular weight excluding hydrogens is 452 g/mol. The number of imidazole rings is 1. The van der Waals surface area contributed by atoms with Crippen LogP contribution in [0.4, 0.5) is 5.82 Å². The molecule has 172 valence electrons. The lowest BCUT2D eigenvalue weighted by atomic mass is 10.1. The van der Waals surface area contributed by atoms with Crippen molar-refractivity contribution in [2.24, 2.45) is 0 Å². The summed E-state index contributed by atoms with van der Waals surface area (Å²) in [5, 5.41) is 21.9. The molecule has 33 heavy (non-hydrogen) atoms. The molecule has 4 aromatic rings. The van der Waals surface area contributed by atoms with Crippen molar-refractivity contribution in [2.75, 3.05) is 25.6 Å². The zero-order valence-corrected chi connectivity index (χ0v) is 18.3. The second-order valence-electron chi connectivity index (χ2n) is 7.99. The number of benzene rings is 1. The molecule has 3 aromatic heterocycles. The molecule has 12 heteroatoms. The van der Waals surface area contributed by atoms with Crippen molar-refractivity contribution in [1.82, 2.24) is 25.1 Å². The third-order valence-corrected chi connectivity index (χ3v) is 6.21. The van der Waals surface area contributed by atoms with Crippen LogP contribution in [0.5, 0.6) is 11.8 Å². The second-order valence-corrected chi connectivity index (χ2v) is 8.39. The summed E-state index contributed by atoms with van der Waals surface area (Å²) in [5.74, 6) is 1.23. The van der Waals surface area contributed by atoms with E-state index in [1.165, 1.54) is 0 Å². The monoisotopic (exact) mass is 472 g/mol. The van der Waals surface area contributed by atoms with Gasteiger partial charge in [-0.1, -0.05) is 11.6 Å². The van der Waals surface area contributed by atoms with Crippen molar-refractivity contribution < 1.29 is 24.1 Å². The summed E-state index contributed by atoms with van der Waals surface area (Å²) in [6, 6.07) is 7.75. The molecule has 5 heterocycles. The Morgan fingerprint density at radius 3 is 2.94 bits per heavy atom. The maximum atomic E-state index is 9.89. The highest BCUT2D eigenvalue weighted by atomic mass is 35.5. The Balaban J connectivity index is 1.20. The van der Waals surface area contributed by atoms with Crippen LogP contribution in [0.2, 0.25) is 5.02 Å². The van der Waals surface area contributed by atoms with E-state index in [-0.39, 0.29) is 30.9 Å². The summed E-state index contributed by atoms with van der Waals surface area (Å²) in [5.41, 5.74) is 2.81. The van der Waals surface area contributed by atoms with Crippen molar-refractivity contribution >= 4 is 39.5 Å². The predicted octanol–water partition coefficient (Wildman–Crippen LogP) is 2.01. The molecule has 0 spiro atoms. The highest BCUT2D eigenvalue weighted by molar-refractivity contribution is 6.33. The maximum Gasteiger partial charge on any atom is 0.296 e. The minimum absolute atomic E-state index is 0.236. The van der Waals surface area contributed by atoms with Gasteiger partial charge in [-0.3, -0.25) is 5.10 Å². The maximum absolute atomic E-state index is 9.89. The lowest BCUT2D eigenvalue weighted by Crippen LogP contribution is -2.34. The molecule has 2 fully saturated rings. The van der Waals surface area contributed by atoms with Crippen molar-refractivity contribution in [3.8, 4) is 11.8 Å². The Morgan fingerprint density at radius 2 is 2.06 bits per heavy atom. The molecule has 2 aliphatic rings. The summed E-state index contributed by atoms with van der Waals surface area (Å²) >= 11 is 6.45. The first-order valence-corrected chi connectivity index (χ1v) is 10.9. The van der Waals surface area contributed by atoms with Gasteiger partial charge < -0.3 is 34.4 Å². The van der Waals surface area contributed by atoms with Crippen LogP contribution in [0.25, 0.3) is 22.1 Å². The summed E-state index contributed by atoms with van der Waals surface area (Å²) < 4.78 is 22.4. The molecule has 2 saturated heterocycles. The topological polar surface area (TPSA) is 139 Å². The highest BCUT2D eigenvalue weighted by Gasteiger charge is 2.48. The molecule has 0 unspecified atom stereocenters. The number of rotatable bonds is 6. The molecule has 6 rings (SSSR count). The second kappa shape index (κ2) is 8.03. The largest absolute Gasteiger partial charge is 0.497 e. The van der Waals surface area contributed by atoms with Gasteiger partial charge in [0.2, 0.25) is 0 Å². The number of aliphatic hydroxyl groups excluding tert-OH is 1. The number of pyridine rings is 1. The van der Waals surface area contributed by atoms with Crippen molar-refractivity contribution in [3.63, 3.8) is 0 Å². The molecule has 0 saturated carbocycles. The fourth-order valence-corrected chi connectivity index (χ4v) is 4.46. The number of hydrogen-bond donors (Lipinski definition) is 4. The zero-order valence-electron chi connectivity index (χ0n) is 17.5. The molecule has 1 aromatic carbocycles. The third-order valence-electron chi connectivity index (χ3n) is 5.92. The minimum Gasteiger partial charge on any atom is -0.497 e. The number of ether oxygens (including phenoxy) is 4. The summed E-state index contributed by atoms with van der Waals surface area (Å²) in [7, 11) is 1.63. The molecule has 0 amide bonds. The fourth-order valence-electron chi connectivity index (χ4n) is 4.24. The van der Waals surface area contributed by atoms with Gasteiger partial charge in [0.1, 0.15) is 29.9 Å². The van der Waals surface area contributed by atoms with E-state index in [0.29, 0.717) is 35.2 Å². The summed E-state index contributed by atoms with van der Waals surface area (Å²) in [6.07, 6.45) is -1.71. The highest BCUT2D eigenvalue weighted by Crippen LogP contribution is 2.31. The standard InChI is InChI=1S/C21H21ClN6O5/c1-30-9-2-3-12-10(4-9)14(28-27-12)6-23-19-11(22)5-13-20(25-19)26-21(24-13)33-16-8-32-17-15(29)7-31-18(16)17/h2-5,15-18,29H,6-8H2,1H3,(H,27,28)(H2,23,24,25,26)/t15-,16-,17-,18-/m1/s1. The molecule has 0 radical (unpaired) electrons. The molecule has 11 nitrogen and oxygen atoms in total. The average Bonchev–Trinajstić information content (AvgIpc) is 3.58. The van der Waals surface area contributed by atoms with Crippen LogP contribution in [0.3, 0.4) is 0 Å². The predicted molar refractivity (Wildman–Crippen MR) is 119 cm³/mol. The minimum atomic E-state index is -0.638. The van der Waals surface area contributed by atoms with Gasteiger partial charge in [0, 0.05) is 5.39 Å². The van der Waals surface area contributed by atoms with Crippen LogP contribution in [0.15, 0.2) is 24.3 Å². The van der Waals surface area contributed by atoms with Crippen molar-refractivity contribution in [2.45, 2.75) is 31.0 Å². The van der Waals surface area contributed by atoms with E-state index in [1.54, 1.807) is 13.2 Å². The Bertz CT molecular complexity index is 1330. The number of halogens is 1. The van der Waals surface area contributed by atoms with Gasteiger partial charge in [-0.05, 0) is 24.3 Å². The van der Waals surface area contributed by atoms with Gasteiger partial charge >= 0.3 is 0 Å². The Hall–Kier alpha value is -3.12. The number of fused-ring (bicyclic) bond motifs is 3. The number of H-pyrrole nitrogens is 2. The first-order valence-electron chi connectivity index (χ1n) is 10.5. The van der Waals surface area contributed by atoms with Gasteiger partial charge in [-0.15, -0.1) is 0 Å². The Labute approximate surface area is 192 Å². The van der Waals surface area contributed by atoms with Crippen molar-refractivity contribution in [3.05, 3.63) is 35.0 Å². The number of hydrogen-bond acceptors (Lipinski definition) is 9. The summed E-state index contributed by atoms with van der Waals surface area (Å²) in [4.78, 5) is 12.0. The zero-order chi connectivity index (χ0) is 22.5. The van der Waals surface area contributed by atoms with Gasteiger partial charge in [-0.2, -0.15) is 10.1 Å². The number of methoxy groups -OCH3 is 1. The van der Waals surface area contributed by atoms with E-state index in [4.69, 9.17) is 30.5 Å². The van der Waals surface area contributed by atoms with Crippen LogP contribution < -0.4 is 14.8 Å². The number of aliphatic hydroxyl groups is 1. The SMILES string of the molecule is COc1ccc2[nH]nc(CNc3nc4nc(O[C@@H]5CO[C@H]6[C@@H]5OC[C@H]6O)[nH]c4cc3Cl)c2c1. The van der Waals surface area contributed by atoms with Gasteiger partial charge in [0.25, 0.3) is 6.01 Å². The quantitative estimate of drug-likeness (QED) is 0.331. The summed E-state index contributed by atoms with van der Waals surface area (Å²) in [6.45, 7) is 0.952. The van der Waals surface area contributed by atoms with Crippen LogP contribution in [0, 0.1) is 0 Å². The normalized spacial score (nSPS) is 24.5. The van der Waals surface area contributed by atoms with E-state index in [2.05, 4.69) is 30.5 Å². The molecule has 4 atom stereocenters. The van der Waals surface area contributed by atoms with Gasteiger partial charge in [0.05, 0.1) is 48.6 Å². The Kier molecular flexibility index (Phi) is 4.98. The molecule has 4 N–H and O–H groups in total. The van der Waals surface area contributed by atoms with E-state index < -0.39 is 6.10 Å². The number of nitrogens with one attached hydrogen (secondary N) is 3. The lowest BCUT2D eigenvalue weighted by molar-refractivity contribution is 0.00706. The van der Waals surface area contributed by atoms with Crippen LogP contribution >= 0.6 is 11.6 Å². The molecule has 2 aliphatic heterocycles.